The molecule has 0 aromatic heterocycles. The van der Waals surface area contributed by atoms with Gasteiger partial charge in [-0.25, -0.2) is 8.42 Å². The van der Waals surface area contributed by atoms with E-state index in [0.29, 0.717) is 18.7 Å². The van der Waals surface area contributed by atoms with Gasteiger partial charge in [0, 0.05) is 13.1 Å². The second kappa shape index (κ2) is 14.3. The van der Waals surface area contributed by atoms with E-state index in [0.717, 1.165) is 22.7 Å². The first-order chi connectivity index (χ1) is 18.8. The van der Waals surface area contributed by atoms with Crippen molar-refractivity contribution >= 4 is 27.5 Å². The molecule has 9 heteroatoms. The van der Waals surface area contributed by atoms with Gasteiger partial charge in [-0.3, -0.25) is 13.9 Å². The molecule has 0 spiro atoms. The zero-order chi connectivity index (χ0) is 28.3. The van der Waals surface area contributed by atoms with Gasteiger partial charge in [-0.05, 0) is 49.6 Å². The molecule has 3 rings (SSSR count). The lowest BCUT2D eigenvalue weighted by Gasteiger charge is -2.32. The first-order valence-corrected chi connectivity index (χ1v) is 14.6. The standard InChI is InChI=1S/C30H37N3O5S/c1-4-5-21-31-30(35)24(2)32(22-20-25-14-8-6-9-15-25)29(34)23-33(27-18-12-13-19-28(27)38-3)39(36,37)26-16-10-7-11-17-26/h6-19,24H,4-5,20-23H2,1-3H3,(H,31,35)/t24-/m0/s1. The number of hydrogen-bond acceptors (Lipinski definition) is 5. The molecular formula is C30H37N3O5S. The van der Waals surface area contributed by atoms with Crippen molar-refractivity contribution < 1.29 is 22.7 Å². The monoisotopic (exact) mass is 551 g/mol. The molecule has 0 aliphatic carbocycles. The number of para-hydroxylation sites is 2. The van der Waals surface area contributed by atoms with Crippen molar-refractivity contribution in [3.8, 4) is 5.75 Å². The van der Waals surface area contributed by atoms with Gasteiger partial charge in [0.2, 0.25) is 11.8 Å². The fourth-order valence-electron chi connectivity index (χ4n) is 4.17. The van der Waals surface area contributed by atoms with E-state index in [-0.39, 0.29) is 23.0 Å². The van der Waals surface area contributed by atoms with E-state index in [2.05, 4.69) is 5.32 Å². The van der Waals surface area contributed by atoms with Gasteiger partial charge >= 0.3 is 0 Å². The molecule has 39 heavy (non-hydrogen) atoms. The minimum absolute atomic E-state index is 0.0462. The molecule has 0 radical (unpaired) electrons. The molecule has 3 aromatic rings. The molecule has 8 nitrogen and oxygen atoms in total. The number of nitrogens with zero attached hydrogens (tertiary/aromatic N) is 2. The van der Waals surface area contributed by atoms with Crippen LogP contribution >= 0.6 is 0 Å². The summed E-state index contributed by atoms with van der Waals surface area (Å²) in [5.41, 5.74) is 1.24. The molecule has 0 aliphatic rings. The number of hydrogen-bond donors (Lipinski definition) is 1. The number of methoxy groups -OCH3 is 1. The first kappa shape index (κ1) is 29.7. The highest BCUT2D eigenvalue weighted by atomic mass is 32.2. The maximum absolute atomic E-state index is 13.9. The van der Waals surface area contributed by atoms with Crippen LogP contribution in [0.15, 0.2) is 89.8 Å². The maximum atomic E-state index is 13.9. The third-order valence-corrected chi connectivity index (χ3v) is 8.22. The summed E-state index contributed by atoms with van der Waals surface area (Å²) < 4.78 is 34.2. The van der Waals surface area contributed by atoms with Gasteiger partial charge in [0.25, 0.3) is 10.0 Å². The maximum Gasteiger partial charge on any atom is 0.264 e. The summed E-state index contributed by atoms with van der Waals surface area (Å²) in [6.07, 6.45) is 2.27. The zero-order valence-corrected chi connectivity index (χ0v) is 23.6. The normalized spacial score (nSPS) is 11.9. The van der Waals surface area contributed by atoms with Gasteiger partial charge in [-0.2, -0.15) is 0 Å². The summed E-state index contributed by atoms with van der Waals surface area (Å²) in [6, 6.07) is 23.5. The number of amides is 2. The van der Waals surface area contributed by atoms with Crippen molar-refractivity contribution in [2.24, 2.45) is 0 Å². The molecule has 0 heterocycles. The van der Waals surface area contributed by atoms with Crippen molar-refractivity contribution in [3.63, 3.8) is 0 Å². The van der Waals surface area contributed by atoms with E-state index in [9.17, 15) is 18.0 Å². The predicted octanol–water partition coefficient (Wildman–Crippen LogP) is 4.27. The summed E-state index contributed by atoms with van der Waals surface area (Å²) in [5.74, 6) is -0.458. The Labute approximate surface area is 231 Å². The number of nitrogens with one attached hydrogen (secondary N) is 1. The Hall–Kier alpha value is -3.85. The number of anilines is 1. The number of benzene rings is 3. The summed E-state index contributed by atoms with van der Waals surface area (Å²) in [7, 11) is -2.69. The third-order valence-electron chi connectivity index (χ3n) is 6.44. The first-order valence-electron chi connectivity index (χ1n) is 13.1. The van der Waals surface area contributed by atoms with E-state index < -0.39 is 28.5 Å². The second-order valence-electron chi connectivity index (χ2n) is 9.14. The molecule has 0 bridgehead atoms. The summed E-state index contributed by atoms with van der Waals surface area (Å²) >= 11 is 0. The molecular weight excluding hydrogens is 514 g/mol. The van der Waals surface area contributed by atoms with Crippen molar-refractivity contribution in [3.05, 3.63) is 90.5 Å². The molecule has 0 aliphatic heterocycles. The molecule has 1 N–H and O–H groups in total. The van der Waals surface area contributed by atoms with E-state index in [1.54, 1.807) is 49.4 Å². The Balaban J connectivity index is 1.97. The Morgan fingerprint density at radius 2 is 1.54 bits per heavy atom. The van der Waals surface area contributed by atoms with Gasteiger partial charge in [0.15, 0.2) is 0 Å². The van der Waals surface area contributed by atoms with E-state index in [4.69, 9.17) is 4.74 Å². The lowest BCUT2D eigenvalue weighted by atomic mass is 10.1. The highest BCUT2D eigenvalue weighted by molar-refractivity contribution is 7.92. The zero-order valence-electron chi connectivity index (χ0n) is 22.7. The molecule has 2 amide bonds. The van der Waals surface area contributed by atoms with Crippen LogP contribution in [-0.4, -0.2) is 57.9 Å². The summed E-state index contributed by atoms with van der Waals surface area (Å²) in [5, 5.41) is 2.89. The highest BCUT2D eigenvalue weighted by Crippen LogP contribution is 2.32. The molecule has 0 fully saturated rings. The third kappa shape index (κ3) is 7.83. The van der Waals surface area contributed by atoms with Crippen LogP contribution in [0.5, 0.6) is 5.75 Å². The lowest BCUT2D eigenvalue weighted by Crippen LogP contribution is -2.52. The van der Waals surface area contributed by atoms with Crippen LogP contribution in [0.4, 0.5) is 5.69 Å². The van der Waals surface area contributed by atoms with Crippen molar-refractivity contribution in [1.82, 2.24) is 10.2 Å². The molecule has 208 valence electrons. The Bertz CT molecular complexity index is 1320. The Morgan fingerprint density at radius 1 is 0.923 bits per heavy atom. The summed E-state index contributed by atoms with van der Waals surface area (Å²) in [4.78, 5) is 28.4. The van der Waals surface area contributed by atoms with Crippen molar-refractivity contribution in [1.29, 1.82) is 0 Å². The number of unbranched alkanes of at least 4 members (excludes halogenated alkanes) is 1. The number of ether oxygens (including phenoxy) is 1. The number of sulfonamides is 1. The van der Waals surface area contributed by atoms with Gasteiger partial charge in [-0.15, -0.1) is 0 Å². The van der Waals surface area contributed by atoms with Crippen LogP contribution < -0.4 is 14.4 Å². The number of carbonyl (C=O) groups is 2. The van der Waals surface area contributed by atoms with E-state index >= 15 is 0 Å². The van der Waals surface area contributed by atoms with Crippen LogP contribution in [-0.2, 0) is 26.0 Å². The van der Waals surface area contributed by atoms with Crippen molar-refractivity contribution in [2.75, 3.05) is 31.0 Å². The summed E-state index contributed by atoms with van der Waals surface area (Å²) in [6.45, 7) is 3.96. The van der Waals surface area contributed by atoms with Crippen molar-refractivity contribution in [2.45, 2.75) is 44.0 Å². The van der Waals surface area contributed by atoms with E-state index in [1.807, 2.05) is 37.3 Å². The lowest BCUT2D eigenvalue weighted by molar-refractivity contribution is -0.138. The number of rotatable bonds is 14. The van der Waals surface area contributed by atoms with Crippen LogP contribution in [0, 0.1) is 0 Å². The Morgan fingerprint density at radius 3 is 2.18 bits per heavy atom. The molecule has 0 saturated heterocycles. The topological polar surface area (TPSA) is 96.0 Å². The van der Waals surface area contributed by atoms with Gasteiger partial charge in [0.05, 0.1) is 17.7 Å². The largest absolute Gasteiger partial charge is 0.495 e. The second-order valence-corrected chi connectivity index (χ2v) is 11.0. The quantitative estimate of drug-likeness (QED) is 0.302. The van der Waals surface area contributed by atoms with Gasteiger partial charge < -0.3 is 15.0 Å². The fourth-order valence-corrected chi connectivity index (χ4v) is 5.62. The van der Waals surface area contributed by atoms with Crippen LogP contribution in [0.3, 0.4) is 0 Å². The minimum Gasteiger partial charge on any atom is -0.495 e. The number of carbonyl (C=O) groups excluding carboxylic acids is 2. The van der Waals surface area contributed by atoms with Gasteiger partial charge in [-0.1, -0.05) is 74.0 Å². The van der Waals surface area contributed by atoms with E-state index in [1.165, 1.54) is 24.1 Å². The smallest absolute Gasteiger partial charge is 0.264 e. The highest BCUT2D eigenvalue weighted by Gasteiger charge is 2.33. The molecule has 3 aromatic carbocycles. The average Bonchev–Trinajstić information content (AvgIpc) is 2.96. The van der Waals surface area contributed by atoms with Gasteiger partial charge in [0.1, 0.15) is 18.3 Å². The molecule has 1 atom stereocenters. The SMILES string of the molecule is CCCCNC(=O)[C@H](C)N(CCc1ccccc1)C(=O)CN(c1ccccc1OC)S(=O)(=O)c1ccccc1. The minimum atomic E-state index is -4.14. The molecule has 0 unspecified atom stereocenters. The predicted molar refractivity (Wildman–Crippen MR) is 153 cm³/mol. The van der Waals surface area contributed by atoms with Crippen LogP contribution in [0.2, 0.25) is 0 Å². The van der Waals surface area contributed by atoms with Crippen LogP contribution in [0.25, 0.3) is 0 Å². The van der Waals surface area contributed by atoms with Crippen LogP contribution in [0.1, 0.15) is 32.3 Å². The fraction of sp³-hybridized carbons (Fsp3) is 0.333. The molecule has 0 saturated carbocycles. The Kier molecular flexibility index (Phi) is 10.9. The average molecular weight is 552 g/mol.